The third-order valence-corrected chi connectivity index (χ3v) is 5.16. The minimum atomic E-state index is -4.96. The van der Waals surface area contributed by atoms with Gasteiger partial charge in [0.2, 0.25) is 5.01 Å². The van der Waals surface area contributed by atoms with Crippen LogP contribution in [0.4, 0.5) is 17.6 Å². The Balaban J connectivity index is 2.24. The zero-order valence-corrected chi connectivity index (χ0v) is 16.7. The highest BCUT2D eigenvalue weighted by Crippen LogP contribution is 2.32. The van der Waals surface area contributed by atoms with Gasteiger partial charge in [0.25, 0.3) is 5.56 Å². The van der Waals surface area contributed by atoms with Crippen molar-refractivity contribution in [2.75, 3.05) is 7.11 Å². The minimum Gasteiger partial charge on any atom is -0.464 e. The van der Waals surface area contributed by atoms with E-state index in [-0.39, 0.29) is 36.5 Å². The summed E-state index contributed by atoms with van der Waals surface area (Å²) in [6, 6.07) is 1.96. The van der Waals surface area contributed by atoms with E-state index < -0.39 is 40.6 Å². The fraction of sp³-hybridized carbons (Fsp3) is 0.176. The van der Waals surface area contributed by atoms with Crippen LogP contribution in [0.25, 0.3) is 16.9 Å². The van der Waals surface area contributed by atoms with Crippen molar-refractivity contribution in [2.24, 2.45) is 7.05 Å². The predicted octanol–water partition coefficient (Wildman–Crippen LogP) is 3.26. The van der Waals surface area contributed by atoms with Gasteiger partial charge in [0.15, 0.2) is 0 Å². The van der Waals surface area contributed by atoms with Gasteiger partial charge in [-0.2, -0.15) is 13.2 Å². The number of rotatable bonds is 3. The first kappa shape index (κ1) is 21.7. The summed E-state index contributed by atoms with van der Waals surface area (Å²) in [5, 5.41) is 1.22. The Kier molecular flexibility index (Phi) is 5.56. The molecule has 3 rings (SSSR count). The zero-order chi connectivity index (χ0) is 22.4. The van der Waals surface area contributed by atoms with Gasteiger partial charge in [-0.15, -0.1) is 11.3 Å². The molecule has 1 aromatic carbocycles. The summed E-state index contributed by atoms with van der Waals surface area (Å²) in [6.07, 6.45) is -4.96. The van der Waals surface area contributed by atoms with E-state index in [0.717, 1.165) is 37.6 Å². The Hall–Kier alpha value is -2.99. The molecule has 3 aromatic rings. The van der Waals surface area contributed by atoms with Crippen LogP contribution in [-0.4, -0.2) is 27.2 Å². The van der Waals surface area contributed by atoms with E-state index in [4.69, 9.17) is 11.6 Å². The van der Waals surface area contributed by atoms with Crippen molar-refractivity contribution < 1.29 is 27.1 Å². The maximum atomic E-state index is 14.5. The maximum Gasteiger partial charge on any atom is 0.431 e. The molecular formula is C17H10ClF4N3O4S. The van der Waals surface area contributed by atoms with E-state index in [0.29, 0.717) is 0 Å². The standard InChI is InChI=1S/C17H10ClF4N3O4S/c1-24-12(17(20,21)22)5-13(26)25(16(24)28)11-3-7(8(18)4-9(11)19)10-6-30-14(23-10)15(27)29-2/h3-6H,1-2H3. The molecule has 0 atom stereocenters. The molecule has 0 radical (unpaired) electrons. The van der Waals surface area contributed by atoms with E-state index in [1.165, 1.54) is 5.38 Å². The normalized spacial score (nSPS) is 11.6. The van der Waals surface area contributed by atoms with Crippen molar-refractivity contribution in [3.8, 4) is 16.9 Å². The maximum absolute atomic E-state index is 14.5. The number of alkyl halides is 3. The molecule has 30 heavy (non-hydrogen) atoms. The van der Waals surface area contributed by atoms with Crippen LogP contribution in [0, 0.1) is 5.82 Å². The monoisotopic (exact) mass is 463 g/mol. The number of halogens is 5. The molecule has 158 valence electrons. The third kappa shape index (κ3) is 3.75. The lowest BCUT2D eigenvalue weighted by Gasteiger charge is -2.15. The van der Waals surface area contributed by atoms with Crippen molar-refractivity contribution in [1.82, 2.24) is 14.1 Å². The number of methoxy groups -OCH3 is 1. The topological polar surface area (TPSA) is 83.2 Å². The van der Waals surface area contributed by atoms with Crippen LogP contribution < -0.4 is 11.2 Å². The Morgan fingerprint density at radius 3 is 2.50 bits per heavy atom. The van der Waals surface area contributed by atoms with Crippen molar-refractivity contribution in [1.29, 1.82) is 0 Å². The molecule has 0 amide bonds. The number of ether oxygens (including phenoxy) is 1. The highest BCUT2D eigenvalue weighted by atomic mass is 35.5. The summed E-state index contributed by atoms with van der Waals surface area (Å²) >= 11 is 6.94. The first-order valence-corrected chi connectivity index (χ1v) is 9.15. The van der Waals surface area contributed by atoms with Gasteiger partial charge in [0, 0.05) is 24.1 Å². The second kappa shape index (κ2) is 7.69. The van der Waals surface area contributed by atoms with Crippen molar-refractivity contribution >= 4 is 28.9 Å². The molecule has 0 aliphatic heterocycles. The number of esters is 1. The van der Waals surface area contributed by atoms with Gasteiger partial charge in [0.05, 0.1) is 23.5 Å². The van der Waals surface area contributed by atoms with Gasteiger partial charge in [-0.3, -0.25) is 9.36 Å². The van der Waals surface area contributed by atoms with Gasteiger partial charge in [-0.1, -0.05) is 11.6 Å². The lowest BCUT2D eigenvalue weighted by atomic mass is 10.1. The second-order valence-corrected chi connectivity index (χ2v) is 7.12. The zero-order valence-electron chi connectivity index (χ0n) is 15.1. The minimum absolute atomic E-state index is 0.0305. The van der Waals surface area contributed by atoms with Crippen LogP contribution in [0.2, 0.25) is 5.02 Å². The number of carbonyl (C=O) groups excluding carboxylic acids is 1. The molecule has 0 unspecified atom stereocenters. The Morgan fingerprint density at radius 2 is 1.90 bits per heavy atom. The highest BCUT2D eigenvalue weighted by molar-refractivity contribution is 7.11. The van der Waals surface area contributed by atoms with Gasteiger partial charge in [-0.25, -0.2) is 23.5 Å². The van der Waals surface area contributed by atoms with Gasteiger partial charge in [-0.05, 0) is 12.1 Å². The molecule has 0 saturated heterocycles. The number of hydrogen-bond donors (Lipinski definition) is 0. The lowest BCUT2D eigenvalue weighted by molar-refractivity contribution is -0.144. The van der Waals surface area contributed by atoms with Crippen LogP contribution in [0.1, 0.15) is 15.5 Å². The van der Waals surface area contributed by atoms with E-state index in [1.807, 2.05) is 0 Å². The largest absolute Gasteiger partial charge is 0.464 e. The summed E-state index contributed by atoms with van der Waals surface area (Å²) in [6.45, 7) is 0. The average Bonchev–Trinajstić information content (AvgIpc) is 3.14. The summed E-state index contributed by atoms with van der Waals surface area (Å²) in [5.74, 6) is -1.84. The van der Waals surface area contributed by atoms with E-state index in [1.54, 1.807) is 0 Å². The summed E-state index contributed by atoms with van der Waals surface area (Å²) in [7, 11) is 1.96. The molecule has 0 saturated carbocycles. The van der Waals surface area contributed by atoms with Crippen LogP contribution in [-0.2, 0) is 18.0 Å². The molecule has 0 N–H and O–H groups in total. The first-order chi connectivity index (χ1) is 14.0. The molecule has 2 aromatic heterocycles. The molecule has 0 fully saturated rings. The fourth-order valence-corrected chi connectivity index (χ4v) is 3.58. The SMILES string of the molecule is COC(=O)c1nc(-c2cc(-n3c(=O)cc(C(F)(F)F)n(C)c3=O)c(F)cc2Cl)cs1. The average molecular weight is 464 g/mol. The van der Waals surface area contributed by atoms with Crippen LogP contribution in [0.15, 0.2) is 33.2 Å². The smallest absolute Gasteiger partial charge is 0.431 e. The molecule has 7 nitrogen and oxygen atoms in total. The Bertz CT molecular complexity index is 1280. The molecule has 0 spiro atoms. The summed E-state index contributed by atoms with van der Waals surface area (Å²) in [5.41, 5.74) is -4.73. The molecule has 0 bridgehead atoms. The fourth-order valence-electron chi connectivity index (χ4n) is 2.60. The number of thiazole rings is 1. The number of aromatic nitrogens is 3. The van der Waals surface area contributed by atoms with Crippen molar-refractivity contribution in [3.63, 3.8) is 0 Å². The molecule has 0 aliphatic rings. The van der Waals surface area contributed by atoms with Gasteiger partial charge >= 0.3 is 17.8 Å². The highest BCUT2D eigenvalue weighted by Gasteiger charge is 2.35. The first-order valence-electron chi connectivity index (χ1n) is 7.89. The van der Waals surface area contributed by atoms with Crippen molar-refractivity contribution in [2.45, 2.75) is 6.18 Å². The Labute approximate surface area is 173 Å². The number of benzene rings is 1. The van der Waals surface area contributed by atoms with Crippen LogP contribution in [0.5, 0.6) is 0 Å². The summed E-state index contributed by atoms with van der Waals surface area (Å²) in [4.78, 5) is 40.3. The number of nitrogens with zero attached hydrogens (tertiary/aromatic N) is 3. The summed E-state index contributed by atoms with van der Waals surface area (Å²) < 4.78 is 58.6. The van der Waals surface area contributed by atoms with E-state index in [2.05, 4.69) is 9.72 Å². The second-order valence-electron chi connectivity index (χ2n) is 5.86. The van der Waals surface area contributed by atoms with Gasteiger partial charge < -0.3 is 4.74 Å². The molecule has 0 aliphatic carbocycles. The number of carbonyl (C=O) groups is 1. The molecule has 2 heterocycles. The Morgan fingerprint density at radius 1 is 1.23 bits per heavy atom. The number of hydrogen-bond acceptors (Lipinski definition) is 6. The molecular weight excluding hydrogens is 454 g/mol. The predicted molar refractivity (Wildman–Crippen MR) is 99.7 cm³/mol. The van der Waals surface area contributed by atoms with E-state index >= 15 is 0 Å². The quantitative estimate of drug-likeness (QED) is 0.440. The van der Waals surface area contributed by atoms with Crippen molar-refractivity contribution in [3.05, 3.63) is 66.0 Å². The lowest BCUT2D eigenvalue weighted by Crippen LogP contribution is -2.41. The third-order valence-electron chi connectivity index (χ3n) is 4.03. The van der Waals surface area contributed by atoms with E-state index in [9.17, 15) is 31.9 Å². The van der Waals surface area contributed by atoms with Crippen LogP contribution >= 0.6 is 22.9 Å². The molecule has 13 heteroatoms. The van der Waals surface area contributed by atoms with Gasteiger partial charge in [0.1, 0.15) is 11.5 Å². The van der Waals surface area contributed by atoms with Crippen LogP contribution in [0.3, 0.4) is 0 Å².